The summed E-state index contributed by atoms with van der Waals surface area (Å²) in [7, 11) is 0. The van der Waals surface area contributed by atoms with Gasteiger partial charge in [0.2, 0.25) is 0 Å². The molecule has 2 rings (SSSR count). The molecular weight excluding hydrogens is 250 g/mol. The molecule has 2 atom stereocenters. The molecule has 1 N–H and O–H groups in total. The molecule has 3 heteroatoms. The number of ether oxygens (including phenoxy) is 1. The van der Waals surface area contributed by atoms with Crippen LogP contribution >= 0.6 is 0 Å². The van der Waals surface area contributed by atoms with Gasteiger partial charge in [-0.1, -0.05) is 24.3 Å². The van der Waals surface area contributed by atoms with Crippen LogP contribution in [0.15, 0.2) is 37.4 Å². The predicted molar refractivity (Wildman–Crippen MR) is 82.1 cm³/mol. The van der Waals surface area contributed by atoms with Crippen LogP contribution in [-0.4, -0.2) is 35.7 Å². The van der Waals surface area contributed by atoms with Gasteiger partial charge in [0.25, 0.3) is 0 Å². The topological polar surface area (TPSA) is 32.7 Å². The predicted octanol–water partition coefficient (Wildman–Crippen LogP) is 2.77. The zero-order valence-corrected chi connectivity index (χ0v) is 12.3. The molecule has 1 aliphatic heterocycles. The van der Waals surface area contributed by atoms with E-state index in [4.69, 9.17) is 4.74 Å². The number of hydrogen-bond acceptors (Lipinski definition) is 3. The monoisotopic (exact) mass is 273 g/mol. The van der Waals surface area contributed by atoms with Crippen LogP contribution in [0.2, 0.25) is 0 Å². The summed E-state index contributed by atoms with van der Waals surface area (Å²) < 4.78 is 5.92. The Balaban J connectivity index is 2.30. The second-order valence-corrected chi connectivity index (χ2v) is 5.28. The molecule has 108 valence electrons. The minimum absolute atomic E-state index is 0.0689. The summed E-state index contributed by atoms with van der Waals surface area (Å²) in [5, 5.41) is 10.7. The molecule has 1 aliphatic rings. The van der Waals surface area contributed by atoms with Crippen LogP contribution in [0.4, 0.5) is 0 Å². The van der Waals surface area contributed by atoms with E-state index < -0.39 is 6.10 Å². The van der Waals surface area contributed by atoms with Crippen LogP contribution in [0.1, 0.15) is 22.8 Å². The van der Waals surface area contributed by atoms with Crippen molar-refractivity contribution in [1.29, 1.82) is 0 Å². The number of rotatable bonds is 5. The summed E-state index contributed by atoms with van der Waals surface area (Å²) in [6.45, 7) is 13.5. The SMILES string of the molecule is C=CCN(CC=C)C1COc2c(ccc(C)c2C)C1O. The quantitative estimate of drug-likeness (QED) is 0.837. The van der Waals surface area contributed by atoms with Crippen molar-refractivity contribution in [2.75, 3.05) is 19.7 Å². The molecule has 0 aliphatic carbocycles. The molecule has 0 amide bonds. The van der Waals surface area contributed by atoms with Crippen LogP contribution in [0.3, 0.4) is 0 Å². The Morgan fingerprint density at radius 3 is 2.55 bits per heavy atom. The van der Waals surface area contributed by atoms with Gasteiger partial charge in [0.1, 0.15) is 18.5 Å². The summed E-state index contributed by atoms with van der Waals surface area (Å²) in [5.41, 5.74) is 3.17. The molecule has 2 unspecified atom stereocenters. The van der Waals surface area contributed by atoms with Gasteiger partial charge in [0, 0.05) is 18.7 Å². The van der Waals surface area contributed by atoms with E-state index in [0.717, 1.165) is 16.9 Å². The van der Waals surface area contributed by atoms with Crippen molar-refractivity contribution in [3.05, 3.63) is 54.1 Å². The van der Waals surface area contributed by atoms with Crippen molar-refractivity contribution in [3.8, 4) is 5.75 Å². The second kappa shape index (κ2) is 6.25. The van der Waals surface area contributed by atoms with Crippen molar-refractivity contribution in [1.82, 2.24) is 4.90 Å². The highest BCUT2D eigenvalue weighted by atomic mass is 16.5. The molecule has 20 heavy (non-hydrogen) atoms. The Labute approximate surface area is 121 Å². The average Bonchev–Trinajstić information content (AvgIpc) is 2.43. The van der Waals surface area contributed by atoms with Crippen LogP contribution in [0.25, 0.3) is 0 Å². The molecule has 0 radical (unpaired) electrons. The summed E-state index contributed by atoms with van der Waals surface area (Å²) in [6, 6.07) is 3.93. The van der Waals surface area contributed by atoms with Gasteiger partial charge in [-0.25, -0.2) is 0 Å². The molecule has 0 saturated heterocycles. The first-order valence-corrected chi connectivity index (χ1v) is 6.97. The fourth-order valence-corrected chi connectivity index (χ4v) is 2.68. The number of hydrogen-bond donors (Lipinski definition) is 1. The lowest BCUT2D eigenvalue weighted by Crippen LogP contribution is -2.46. The van der Waals surface area contributed by atoms with Crippen molar-refractivity contribution >= 4 is 0 Å². The molecular formula is C17H23NO2. The van der Waals surface area contributed by atoms with Gasteiger partial charge in [-0.05, 0) is 25.0 Å². The normalized spacial score (nSPS) is 21.2. The number of aliphatic hydroxyl groups is 1. The van der Waals surface area contributed by atoms with Gasteiger partial charge in [0.15, 0.2) is 0 Å². The van der Waals surface area contributed by atoms with E-state index in [9.17, 15) is 5.11 Å². The van der Waals surface area contributed by atoms with Crippen LogP contribution in [0.5, 0.6) is 5.75 Å². The van der Waals surface area contributed by atoms with Crippen LogP contribution in [0, 0.1) is 13.8 Å². The van der Waals surface area contributed by atoms with Gasteiger partial charge < -0.3 is 9.84 Å². The lowest BCUT2D eigenvalue weighted by atomic mass is 9.93. The van der Waals surface area contributed by atoms with E-state index in [2.05, 4.69) is 25.0 Å². The number of fused-ring (bicyclic) bond motifs is 1. The van der Waals surface area contributed by atoms with E-state index in [0.29, 0.717) is 19.7 Å². The fraction of sp³-hybridized carbons (Fsp3) is 0.412. The summed E-state index contributed by atoms with van der Waals surface area (Å²) in [6.07, 6.45) is 3.14. The first-order chi connectivity index (χ1) is 9.60. The Hall–Kier alpha value is -1.58. The standard InChI is InChI=1S/C17H23NO2/c1-5-9-18(10-6-2)15-11-20-17-13(4)12(3)7-8-14(17)16(15)19/h5-8,15-16,19H,1-2,9-11H2,3-4H3. The van der Waals surface area contributed by atoms with Crippen molar-refractivity contribution in [2.24, 2.45) is 0 Å². The molecule has 0 fully saturated rings. The molecule has 0 aromatic heterocycles. The highest BCUT2D eigenvalue weighted by Gasteiger charge is 2.33. The van der Waals surface area contributed by atoms with Crippen LogP contribution in [-0.2, 0) is 0 Å². The van der Waals surface area contributed by atoms with E-state index in [1.54, 1.807) is 0 Å². The minimum atomic E-state index is -0.544. The first-order valence-electron chi connectivity index (χ1n) is 6.97. The van der Waals surface area contributed by atoms with Crippen molar-refractivity contribution in [3.63, 3.8) is 0 Å². The number of nitrogens with zero attached hydrogens (tertiary/aromatic N) is 1. The summed E-state index contributed by atoms with van der Waals surface area (Å²) in [4.78, 5) is 2.13. The lowest BCUT2D eigenvalue weighted by molar-refractivity contribution is 0.0131. The average molecular weight is 273 g/mol. The second-order valence-electron chi connectivity index (χ2n) is 5.28. The van der Waals surface area contributed by atoms with Gasteiger partial charge in [0.05, 0.1) is 6.04 Å². The third-order valence-corrected chi connectivity index (χ3v) is 3.98. The maximum atomic E-state index is 10.7. The van der Waals surface area contributed by atoms with Gasteiger partial charge in [-0.3, -0.25) is 4.90 Å². The van der Waals surface area contributed by atoms with E-state index in [1.165, 1.54) is 5.56 Å². The fourth-order valence-electron chi connectivity index (χ4n) is 2.68. The minimum Gasteiger partial charge on any atom is -0.491 e. The van der Waals surface area contributed by atoms with E-state index in [1.807, 2.05) is 31.2 Å². The molecule has 3 nitrogen and oxygen atoms in total. The molecule has 0 spiro atoms. The first kappa shape index (κ1) is 14.8. The van der Waals surface area contributed by atoms with E-state index >= 15 is 0 Å². The zero-order chi connectivity index (χ0) is 14.7. The Bertz CT molecular complexity index is 500. The summed E-state index contributed by atoms with van der Waals surface area (Å²) in [5.74, 6) is 0.839. The third kappa shape index (κ3) is 2.65. The third-order valence-electron chi connectivity index (χ3n) is 3.98. The highest BCUT2D eigenvalue weighted by Crippen LogP contribution is 2.37. The molecule has 0 saturated carbocycles. The summed E-state index contributed by atoms with van der Waals surface area (Å²) >= 11 is 0. The largest absolute Gasteiger partial charge is 0.491 e. The van der Waals surface area contributed by atoms with Gasteiger partial charge in [-0.15, -0.1) is 13.2 Å². The maximum Gasteiger partial charge on any atom is 0.128 e. The Kier molecular flexibility index (Phi) is 4.63. The van der Waals surface area contributed by atoms with E-state index in [-0.39, 0.29) is 6.04 Å². The smallest absolute Gasteiger partial charge is 0.128 e. The van der Waals surface area contributed by atoms with Gasteiger partial charge in [-0.2, -0.15) is 0 Å². The molecule has 0 bridgehead atoms. The highest BCUT2D eigenvalue weighted by molar-refractivity contribution is 5.48. The van der Waals surface area contributed by atoms with Crippen molar-refractivity contribution in [2.45, 2.75) is 26.0 Å². The number of aryl methyl sites for hydroxylation is 1. The maximum absolute atomic E-state index is 10.7. The van der Waals surface area contributed by atoms with Gasteiger partial charge >= 0.3 is 0 Å². The zero-order valence-electron chi connectivity index (χ0n) is 12.3. The Morgan fingerprint density at radius 1 is 1.30 bits per heavy atom. The van der Waals surface area contributed by atoms with Crippen LogP contribution < -0.4 is 4.74 Å². The lowest BCUT2D eigenvalue weighted by Gasteiger charge is -2.38. The van der Waals surface area contributed by atoms with Crippen molar-refractivity contribution < 1.29 is 9.84 Å². The molecule has 1 aromatic rings. The Morgan fingerprint density at radius 2 is 1.95 bits per heavy atom. The number of benzene rings is 1. The molecule has 1 aromatic carbocycles. The number of aliphatic hydroxyl groups excluding tert-OH is 1. The molecule has 1 heterocycles.